The van der Waals surface area contributed by atoms with Crippen LogP contribution in [0.1, 0.15) is 40.1 Å². The number of aliphatic hydroxyl groups excluding tert-OH is 2. The fourth-order valence-corrected chi connectivity index (χ4v) is 6.50. The Labute approximate surface area is 270 Å². The van der Waals surface area contributed by atoms with E-state index in [1.165, 1.54) is 24.5 Å². The van der Waals surface area contributed by atoms with Crippen molar-refractivity contribution in [3.63, 3.8) is 0 Å². The smallest absolute Gasteiger partial charge is 0.407 e. The van der Waals surface area contributed by atoms with E-state index in [1.54, 1.807) is 16.9 Å². The highest BCUT2D eigenvalue weighted by Crippen LogP contribution is 2.52. The maximum Gasteiger partial charge on any atom is 0.407 e. The zero-order valence-corrected chi connectivity index (χ0v) is 26.2. The van der Waals surface area contributed by atoms with Gasteiger partial charge in [-0.15, -0.1) is 11.3 Å². The molecule has 18 heteroatoms. The van der Waals surface area contributed by atoms with Crippen LogP contribution in [-0.2, 0) is 43.7 Å². The number of aliphatic hydroxyl groups is 2. The summed E-state index contributed by atoms with van der Waals surface area (Å²) in [7, 11) is 1.50. The van der Waals surface area contributed by atoms with Crippen LogP contribution in [0.15, 0.2) is 30.6 Å². The van der Waals surface area contributed by atoms with Gasteiger partial charge in [0.05, 0.1) is 10.0 Å². The van der Waals surface area contributed by atoms with E-state index in [2.05, 4.69) is 20.3 Å². The second-order valence-corrected chi connectivity index (χ2v) is 12.3. The highest BCUT2D eigenvalue weighted by molar-refractivity contribution is 7.16. The Bertz CT molecular complexity index is 1560. The lowest BCUT2D eigenvalue weighted by Crippen LogP contribution is -2.48. The highest BCUT2D eigenvalue weighted by atomic mass is 35.5. The third-order valence-electron chi connectivity index (χ3n) is 7.55. The van der Waals surface area contributed by atoms with Crippen LogP contribution in [0.3, 0.4) is 0 Å². The number of halogens is 3. The molecule has 1 fully saturated rings. The summed E-state index contributed by atoms with van der Waals surface area (Å²) >= 11 is 7.32. The van der Waals surface area contributed by atoms with Gasteiger partial charge in [0.25, 0.3) is 5.92 Å². The molecule has 0 aliphatic carbocycles. The molecule has 2 unspecified atom stereocenters. The summed E-state index contributed by atoms with van der Waals surface area (Å²) in [4.78, 5) is 38.3. The molecule has 1 saturated heterocycles. The number of pyridine rings is 1. The van der Waals surface area contributed by atoms with Gasteiger partial charge in [-0.1, -0.05) is 17.7 Å². The lowest BCUT2D eigenvalue weighted by atomic mass is 9.84. The number of hydrogen-bond donors (Lipinski definition) is 5. The molecule has 2 aliphatic heterocycles. The fourth-order valence-electron chi connectivity index (χ4n) is 5.02. The number of carbonyl (C=O) groups is 3. The van der Waals surface area contributed by atoms with Crippen molar-refractivity contribution in [1.82, 2.24) is 25.0 Å². The number of fused-ring (bicyclic) bond motifs is 2. The molecule has 5 rings (SSSR count). The normalized spacial score (nSPS) is 18.1. The number of aliphatic carboxylic acids is 2. The van der Waals surface area contributed by atoms with Crippen molar-refractivity contribution in [2.24, 2.45) is 0 Å². The minimum absolute atomic E-state index is 0.0147. The maximum absolute atomic E-state index is 14.4. The zero-order chi connectivity index (χ0) is 33.8. The van der Waals surface area contributed by atoms with Gasteiger partial charge in [-0.25, -0.2) is 24.0 Å². The minimum Gasteiger partial charge on any atom is -0.479 e. The van der Waals surface area contributed by atoms with E-state index >= 15 is 0 Å². The largest absolute Gasteiger partial charge is 0.479 e. The van der Waals surface area contributed by atoms with E-state index in [-0.39, 0.29) is 12.2 Å². The fraction of sp³-hybridized carbons (Fsp3) is 0.464. The molecule has 0 saturated carbocycles. The van der Waals surface area contributed by atoms with E-state index in [0.717, 1.165) is 16.8 Å². The Kier molecular flexibility index (Phi) is 11.0. The van der Waals surface area contributed by atoms with Crippen LogP contribution in [-0.4, -0.2) is 97.1 Å². The monoisotopic (exact) mass is 687 g/mol. The van der Waals surface area contributed by atoms with Gasteiger partial charge in [-0.2, -0.15) is 13.9 Å². The van der Waals surface area contributed by atoms with Gasteiger partial charge in [0.2, 0.25) is 0 Å². The van der Waals surface area contributed by atoms with E-state index in [4.69, 9.17) is 41.5 Å². The summed E-state index contributed by atoms with van der Waals surface area (Å²) in [5.74, 6) is -5.96. The topological polar surface area (TPSA) is 197 Å². The number of thiophene rings is 1. The molecule has 2 aliphatic rings. The molecule has 1 spiro atoms. The molecule has 250 valence electrons. The predicted octanol–water partition coefficient (Wildman–Crippen LogP) is 2.64. The number of likely N-dealkylation sites (tertiary alicyclic amines) is 1. The first-order valence-corrected chi connectivity index (χ1v) is 15.1. The number of nitrogens with zero attached hydrogens (tertiary/aromatic N) is 4. The Morgan fingerprint density at radius 3 is 2.43 bits per heavy atom. The van der Waals surface area contributed by atoms with Gasteiger partial charge in [0, 0.05) is 60.6 Å². The molecule has 3 aromatic rings. The Hall–Kier alpha value is -3.74. The Balaban J connectivity index is 0.000000416. The quantitative estimate of drug-likeness (QED) is 0.233. The van der Waals surface area contributed by atoms with Crippen molar-refractivity contribution < 1.29 is 53.1 Å². The number of carboxylic acid groups (broad SMARTS) is 2. The molecule has 5 N–H and O–H groups in total. The molecular formula is C28H32ClF2N5O9S. The van der Waals surface area contributed by atoms with Gasteiger partial charge < -0.3 is 35.2 Å². The SMILES string of the molecule is CNC(=O)OCc1cccnc1-n1cc(CN2CCC3(CC2)OCC(F)(F)c2cc(Cl)sc23)c(C)n1.O=C(O)C(O)C(O)C(=O)O. The molecule has 1 amide bonds. The first-order valence-electron chi connectivity index (χ1n) is 13.9. The van der Waals surface area contributed by atoms with E-state index in [9.17, 15) is 23.2 Å². The first-order chi connectivity index (χ1) is 21.7. The van der Waals surface area contributed by atoms with Crippen molar-refractivity contribution in [2.75, 3.05) is 26.7 Å². The second-order valence-electron chi connectivity index (χ2n) is 10.6. The highest BCUT2D eigenvalue weighted by Gasteiger charge is 2.51. The molecular weight excluding hydrogens is 656 g/mol. The number of nitrogens with one attached hydrogen (secondary N) is 1. The lowest BCUT2D eigenvalue weighted by molar-refractivity contribution is -0.182. The van der Waals surface area contributed by atoms with Crippen molar-refractivity contribution >= 4 is 41.0 Å². The first kappa shape index (κ1) is 35.1. The summed E-state index contributed by atoms with van der Waals surface area (Å²) in [5, 5.41) is 39.6. The van der Waals surface area contributed by atoms with Crippen LogP contribution in [0, 0.1) is 6.92 Å². The summed E-state index contributed by atoms with van der Waals surface area (Å²) in [6, 6.07) is 5.01. The minimum atomic E-state index is -3.01. The summed E-state index contributed by atoms with van der Waals surface area (Å²) < 4.78 is 41.9. The standard InChI is InChI=1S/C24H26ClF2N5O3S.C4H6O6/c1-15-17(12-32(30-15)21-16(4-3-7-29-21)13-34-22(33)28-2)11-31-8-5-23(6-9-31)20-18(10-19(25)36-20)24(26,27)14-35-23;5-1(3(7)8)2(6)4(9)10/h3-4,7,10,12H,5-6,8-9,11,13-14H2,1-2H3,(H,28,33);1-2,5-6H,(H,7,8)(H,9,10). The second kappa shape index (κ2) is 14.4. The van der Waals surface area contributed by atoms with Crippen molar-refractivity contribution in [1.29, 1.82) is 0 Å². The lowest BCUT2D eigenvalue weighted by Gasteiger charge is -2.45. The number of rotatable bonds is 8. The maximum atomic E-state index is 14.4. The van der Waals surface area contributed by atoms with E-state index in [1.807, 2.05) is 19.2 Å². The van der Waals surface area contributed by atoms with Crippen LogP contribution < -0.4 is 5.32 Å². The van der Waals surface area contributed by atoms with Gasteiger partial charge in [0.15, 0.2) is 18.0 Å². The number of alkyl halides is 2. The average Bonchev–Trinajstić information content (AvgIpc) is 3.62. The van der Waals surface area contributed by atoms with Crippen molar-refractivity contribution in [3.05, 3.63) is 62.2 Å². The number of aromatic nitrogens is 3. The molecule has 3 aromatic heterocycles. The van der Waals surface area contributed by atoms with Crippen molar-refractivity contribution in [2.45, 2.75) is 56.6 Å². The van der Waals surface area contributed by atoms with Gasteiger partial charge in [-0.05, 0) is 31.9 Å². The van der Waals surface area contributed by atoms with Crippen LogP contribution in [0.2, 0.25) is 4.34 Å². The van der Waals surface area contributed by atoms with Crippen LogP contribution in [0.5, 0.6) is 0 Å². The van der Waals surface area contributed by atoms with Gasteiger partial charge in [0.1, 0.15) is 18.8 Å². The van der Waals surface area contributed by atoms with Crippen LogP contribution >= 0.6 is 22.9 Å². The summed E-state index contributed by atoms with van der Waals surface area (Å²) in [6.45, 7) is 3.44. The molecule has 0 aromatic carbocycles. The van der Waals surface area contributed by atoms with Crippen LogP contribution in [0.25, 0.3) is 5.82 Å². The third kappa shape index (κ3) is 7.79. The number of amides is 1. The van der Waals surface area contributed by atoms with E-state index < -0.39 is 48.4 Å². The third-order valence-corrected chi connectivity index (χ3v) is 9.00. The van der Waals surface area contributed by atoms with Crippen LogP contribution in [0.4, 0.5) is 13.6 Å². The van der Waals surface area contributed by atoms with Gasteiger partial charge in [-0.3, -0.25) is 4.90 Å². The Morgan fingerprint density at radius 1 is 1.17 bits per heavy atom. The number of carbonyl (C=O) groups excluding carboxylic acids is 1. The number of hydrogen-bond acceptors (Lipinski definition) is 11. The predicted molar refractivity (Wildman–Crippen MR) is 158 cm³/mol. The number of piperidine rings is 1. The Morgan fingerprint density at radius 2 is 1.83 bits per heavy atom. The molecule has 14 nitrogen and oxygen atoms in total. The van der Waals surface area contributed by atoms with E-state index in [0.29, 0.717) is 47.5 Å². The van der Waals surface area contributed by atoms with Crippen molar-refractivity contribution in [3.8, 4) is 5.82 Å². The van der Waals surface area contributed by atoms with Gasteiger partial charge >= 0.3 is 18.0 Å². The summed E-state index contributed by atoms with van der Waals surface area (Å²) in [5.41, 5.74) is 1.93. The molecule has 2 atom stereocenters. The number of alkyl carbamates (subject to hydrolysis) is 1. The number of ether oxygens (including phenoxy) is 2. The molecule has 0 bridgehead atoms. The number of carboxylic acids is 2. The molecule has 0 radical (unpaired) electrons. The molecule has 5 heterocycles. The zero-order valence-electron chi connectivity index (χ0n) is 24.7. The number of aryl methyl sites for hydroxylation is 1. The summed E-state index contributed by atoms with van der Waals surface area (Å²) in [6.07, 6.45) is -0.233. The molecule has 46 heavy (non-hydrogen) atoms. The average molecular weight is 688 g/mol.